The van der Waals surface area contributed by atoms with E-state index < -0.39 is 0 Å². The van der Waals surface area contributed by atoms with Crippen LogP contribution in [0.15, 0.2) is 42.7 Å². The minimum atomic E-state index is 0.330. The molecule has 2 N–H and O–H groups in total. The summed E-state index contributed by atoms with van der Waals surface area (Å²) in [5, 5.41) is 1.03. The van der Waals surface area contributed by atoms with E-state index in [1.807, 2.05) is 19.2 Å². The third kappa shape index (κ3) is 9.77. The molecular weight excluding hydrogens is 596 g/mol. The highest BCUT2D eigenvalue weighted by molar-refractivity contribution is 6.07. The van der Waals surface area contributed by atoms with Crippen LogP contribution in [0.3, 0.4) is 0 Å². The van der Waals surface area contributed by atoms with Crippen molar-refractivity contribution in [1.82, 2.24) is 24.4 Å². The highest BCUT2D eigenvalue weighted by atomic mass is 16.5. The van der Waals surface area contributed by atoms with E-state index in [0.29, 0.717) is 37.3 Å². The van der Waals surface area contributed by atoms with Crippen molar-refractivity contribution in [3.8, 4) is 11.1 Å². The molecule has 4 heterocycles. The number of imidazole rings is 1. The molecule has 1 aliphatic heterocycles. The number of benzene rings is 1. The lowest BCUT2D eigenvalue weighted by Crippen LogP contribution is -2.39. The Morgan fingerprint density at radius 2 is 1.56 bits per heavy atom. The summed E-state index contributed by atoms with van der Waals surface area (Å²) in [7, 11) is 0. The predicted octanol–water partition coefficient (Wildman–Crippen LogP) is 9.49. The number of aromatic nitrogens is 4. The Morgan fingerprint density at radius 1 is 0.875 bits per heavy atom. The van der Waals surface area contributed by atoms with Gasteiger partial charge in [-0.2, -0.15) is 0 Å². The lowest BCUT2D eigenvalue weighted by atomic mass is 9.96. The lowest BCUT2D eigenvalue weighted by molar-refractivity contribution is -0.132. The Morgan fingerprint density at radius 3 is 2.21 bits per heavy atom. The van der Waals surface area contributed by atoms with Gasteiger partial charge in [0.2, 0.25) is 5.91 Å². The van der Waals surface area contributed by atoms with E-state index in [9.17, 15) is 4.79 Å². The number of carbonyl (C=O) groups is 1. The first-order valence-corrected chi connectivity index (χ1v) is 18.9. The quantitative estimate of drug-likeness (QED) is 0.0953. The molecule has 0 atom stereocenters. The topological polar surface area (TPSA) is 99.2 Å². The number of anilines is 1. The number of nitrogens with zero attached hydrogens (tertiary/aromatic N) is 5. The number of nitrogens with two attached hydrogens (primary N) is 1. The van der Waals surface area contributed by atoms with Gasteiger partial charge in [0.05, 0.1) is 11.0 Å². The first kappa shape index (κ1) is 35.8. The van der Waals surface area contributed by atoms with Gasteiger partial charge < -0.3 is 19.9 Å². The third-order valence-electron chi connectivity index (χ3n) is 10.1. The van der Waals surface area contributed by atoms with Gasteiger partial charge in [-0.05, 0) is 49.8 Å². The van der Waals surface area contributed by atoms with E-state index in [1.54, 1.807) is 6.20 Å². The Bertz CT molecular complexity index is 1560. The number of amides is 1. The molecule has 1 saturated heterocycles. The Balaban J connectivity index is 1.12. The Kier molecular flexibility index (Phi) is 14.1. The number of pyridine rings is 2. The number of carbonyl (C=O) groups excluding carboxylic acids is 1. The second-order valence-corrected chi connectivity index (χ2v) is 13.8. The van der Waals surface area contributed by atoms with Crippen LogP contribution < -0.4 is 5.73 Å². The fourth-order valence-corrected chi connectivity index (χ4v) is 7.25. The molecule has 8 nitrogen and oxygen atoms in total. The maximum atomic E-state index is 13.1. The summed E-state index contributed by atoms with van der Waals surface area (Å²) in [5.74, 6) is 2.09. The first-order chi connectivity index (χ1) is 23.6. The normalized spacial score (nSPS) is 14.0. The molecule has 0 bridgehead atoms. The molecule has 1 aromatic carbocycles. The zero-order chi connectivity index (χ0) is 33.6. The number of rotatable bonds is 20. The second-order valence-electron chi connectivity index (χ2n) is 13.8. The van der Waals surface area contributed by atoms with Crippen molar-refractivity contribution in [1.29, 1.82) is 0 Å². The van der Waals surface area contributed by atoms with Crippen molar-refractivity contribution >= 4 is 33.7 Å². The summed E-state index contributed by atoms with van der Waals surface area (Å²) in [4.78, 5) is 29.1. The molecule has 5 rings (SSSR count). The number of piperidine rings is 1. The van der Waals surface area contributed by atoms with Crippen LogP contribution in [0.4, 0.5) is 5.82 Å². The zero-order valence-electron chi connectivity index (χ0n) is 29.6. The van der Waals surface area contributed by atoms with Crippen molar-refractivity contribution in [2.45, 2.75) is 130 Å². The minimum absolute atomic E-state index is 0.330. The monoisotopic (exact) mass is 654 g/mol. The summed E-state index contributed by atoms with van der Waals surface area (Å²) >= 11 is 0. The van der Waals surface area contributed by atoms with Crippen molar-refractivity contribution < 1.29 is 9.53 Å². The zero-order valence-corrected chi connectivity index (χ0v) is 29.6. The molecule has 8 heteroatoms. The van der Waals surface area contributed by atoms with Crippen LogP contribution in [-0.4, -0.2) is 50.0 Å². The van der Waals surface area contributed by atoms with Crippen LogP contribution in [0.2, 0.25) is 0 Å². The van der Waals surface area contributed by atoms with E-state index in [-0.39, 0.29) is 0 Å². The number of nitrogen functional groups attached to an aromatic ring is 1. The average Bonchev–Trinajstić information content (AvgIpc) is 3.48. The van der Waals surface area contributed by atoms with Crippen LogP contribution in [-0.2, 0) is 22.7 Å². The molecule has 48 heavy (non-hydrogen) atoms. The van der Waals surface area contributed by atoms with Gasteiger partial charge in [0.15, 0.2) is 5.82 Å². The van der Waals surface area contributed by atoms with Gasteiger partial charge >= 0.3 is 0 Å². The Labute approximate surface area is 287 Å². The molecule has 0 aliphatic carbocycles. The first-order valence-electron chi connectivity index (χ1n) is 18.9. The maximum Gasteiger partial charge on any atom is 0.222 e. The highest BCUT2D eigenvalue weighted by Gasteiger charge is 2.25. The van der Waals surface area contributed by atoms with Crippen molar-refractivity contribution in [3.63, 3.8) is 0 Å². The fraction of sp³-hybridized carbons (Fsp3) is 0.600. The van der Waals surface area contributed by atoms with Gasteiger partial charge in [0.25, 0.3) is 0 Å². The van der Waals surface area contributed by atoms with Crippen LogP contribution in [0, 0.1) is 5.92 Å². The number of likely N-dealkylation sites (tertiary alicyclic amines) is 1. The summed E-state index contributed by atoms with van der Waals surface area (Å²) in [5.41, 5.74) is 11.2. The molecule has 1 aliphatic rings. The van der Waals surface area contributed by atoms with Crippen LogP contribution in [0.25, 0.3) is 33.1 Å². The smallest absolute Gasteiger partial charge is 0.222 e. The molecule has 4 aromatic rings. The number of fused-ring (bicyclic) bond motifs is 3. The van der Waals surface area contributed by atoms with E-state index in [2.05, 4.69) is 45.6 Å². The van der Waals surface area contributed by atoms with Gasteiger partial charge in [0, 0.05) is 56.0 Å². The summed E-state index contributed by atoms with van der Waals surface area (Å²) < 4.78 is 8.16. The molecule has 0 spiro atoms. The van der Waals surface area contributed by atoms with Crippen LogP contribution >= 0.6 is 0 Å². The van der Waals surface area contributed by atoms with Crippen molar-refractivity contribution in [2.75, 3.05) is 25.4 Å². The van der Waals surface area contributed by atoms with Crippen molar-refractivity contribution in [2.24, 2.45) is 5.92 Å². The summed E-state index contributed by atoms with van der Waals surface area (Å²) in [6.07, 6.45) is 23.5. The minimum Gasteiger partial charge on any atom is -0.382 e. The van der Waals surface area contributed by atoms with Gasteiger partial charge in [-0.15, -0.1) is 0 Å². The molecule has 3 aromatic heterocycles. The lowest BCUT2D eigenvalue weighted by Gasteiger charge is -2.32. The molecule has 1 fully saturated rings. The standard InChI is InChI=1S/C40H58N6O2/c1-3-5-6-7-8-9-10-11-12-13-14-15-16-19-37(47)45-25-22-31(23-26-45)29-46-36(30-48-4-2)44-38-39(46)34-21-20-32(27-35(34)43-40(38)41)33-18-17-24-42-28-33/h17-18,20-21,24,27-28,31H,3-16,19,22-23,25-26,29-30H2,1-2H3,(H2,41,43). The van der Waals surface area contributed by atoms with E-state index in [1.165, 1.54) is 77.0 Å². The molecule has 0 unspecified atom stereocenters. The highest BCUT2D eigenvalue weighted by Crippen LogP contribution is 2.33. The largest absolute Gasteiger partial charge is 0.382 e. The van der Waals surface area contributed by atoms with Gasteiger partial charge in [-0.3, -0.25) is 9.78 Å². The van der Waals surface area contributed by atoms with Gasteiger partial charge in [-0.25, -0.2) is 9.97 Å². The Hall–Kier alpha value is -3.52. The third-order valence-corrected chi connectivity index (χ3v) is 10.1. The van der Waals surface area contributed by atoms with Gasteiger partial charge in [0.1, 0.15) is 17.9 Å². The van der Waals surface area contributed by atoms with Crippen molar-refractivity contribution in [3.05, 3.63) is 48.5 Å². The van der Waals surface area contributed by atoms with E-state index in [4.69, 9.17) is 20.4 Å². The van der Waals surface area contributed by atoms with Crippen LogP contribution in [0.5, 0.6) is 0 Å². The number of hydrogen-bond donors (Lipinski definition) is 1. The van der Waals surface area contributed by atoms with E-state index in [0.717, 1.165) is 77.8 Å². The fourth-order valence-electron chi connectivity index (χ4n) is 7.25. The molecule has 260 valence electrons. The molecule has 1 amide bonds. The van der Waals surface area contributed by atoms with Gasteiger partial charge in [-0.1, -0.05) is 102 Å². The van der Waals surface area contributed by atoms with E-state index >= 15 is 0 Å². The molecular formula is C40H58N6O2. The summed E-state index contributed by atoms with van der Waals surface area (Å²) in [6, 6.07) is 10.3. The SMILES string of the molecule is CCCCCCCCCCCCCCCC(=O)N1CCC(Cn2c(COCC)nc3c(N)nc4cc(-c5cccnc5)ccc4c32)CC1. The second kappa shape index (κ2) is 18.9. The summed E-state index contributed by atoms with van der Waals surface area (Å²) in [6.45, 7) is 7.80. The number of hydrogen-bond acceptors (Lipinski definition) is 6. The number of ether oxygens (including phenoxy) is 1. The average molecular weight is 655 g/mol. The maximum absolute atomic E-state index is 13.1. The molecule has 0 radical (unpaired) electrons. The van der Waals surface area contributed by atoms with Crippen LogP contribution in [0.1, 0.15) is 122 Å². The number of unbranched alkanes of at least 4 members (excludes halogenated alkanes) is 12. The predicted molar refractivity (Wildman–Crippen MR) is 198 cm³/mol. The molecule has 0 saturated carbocycles.